The van der Waals surface area contributed by atoms with E-state index in [1.807, 2.05) is 0 Å². The highest BCUT2D eigenvalue weighted by Gasteiger charge is 2.52. The molecule has 0 aromatic heterocycles. The maximum atomic E-state index is 13.8. The van der Waals surface area contributed by atoms with Crippen LogP contribution in [0.15, 0.2) is 0 Å². The summed E-state index contributed by atoms with van der Waals surface area (Å²) in [5, 5.41) is 46.6. The van der Waals surface area contributed by atoms with Crippen LogP contribution in [-0.4, -0.2) is 117 Å². The van der Waals surface area contributed by atoms with Gasteiger partial charge < -0.3 is 29.9 Å². The fourth-order valence-corrected chi connectivity index (χ4v) is 7.00. The fourth-order valence-electron chi connectivity index (χ4n) is 7.00. The predicted molar refractivity (Wildman–Crippen MR) is 120 cm³/mol. The highest BCUT2D eigenvalue weighted by atomic mass is 16.6. The molecular weight excluding hydrogens is 384 g/mol. The molecule has 2 saturated heterocycles. The van der Waals surface area contributed by atoms with Crippen molar-refractivity contribution < 1.29 is 19.5 Å². The van der Waals surface area contributed by atoms with Crippen LogP contribution < -0.4 is 0 Å². The summed E-state index contributed by atoms with van der Waals surface area (Å²) in [4.78, 5) is 4.46. The number of β-amino-alcohol motifs (C(OH)–C–C–N with tert-alkyl or cyclic N) is 2. The van der Waals surface area contributed by atoms with Gasteiger partial charge in [-0.2, -0.15) is 0 Å². The Hall–Kier alpha value is -0.320. The molecule has 2 N–H and O–H groups in total. The number of hydrogen-bond acceptors (Lipinski definition) is 6. The van der Waals surface area contributed by atoms with Crippen LogP contribution in [-0.2, 0) is 0 Å². The lowest BCUT2D eigenvalue weighted by molar-refractivity contribution is -0.951. The van der Waals surface area contributed by atoms with Crippen LogP contribution in [0.3, 0.4) is 0 Å². The first-order chi connectivity index (χ1) is 13.4. The first kappa shape index (κ1) is 25.9. The second kappa shape index (κ2) is 8.23. The molecule has 2 aliphatic rings. The van der Waals surface area contributed by atoms with Gasteiger partial charge in [0.15, 0.2) is 0 Å². The minimum atomic E-state index is -0.370. The number of nitrogens with zero attached hydrogens (tertiary/aromatic N) is 4. The predicted octanol–water partition coefficient (Wildman–Crippen LogP) is 1.35. The van der Waals surface area contributed by atoms with Crippen LogP contribution in [0.2, 0.25) is 0 Å². The molecule has 0 bridgehead atoms. The Kier molecular flexibility index (Phi) is 7.11. The summed E-state index contributed by atoms with van der Waals surface area (Å²) in [7, 11) is 0. The van der Waals surface area contributed by atoms with Crippen molar-refractivity contribution in [3.63, 3.8) is 0 Å². The van der Waals surface area contributed by atoms with Crippen molar-refractivity contribution in [3.05, 3.63) is 10.4 Å². The standard InChI is InChI=1S/C22H46N4O4/c1-19(2)15-25(29,16-20(3,4)23(19)9-13-27)11-12-26(30)17-21(5,6)24(10-14-28)22(7,8)18-26/h27-28H,9-18H2,1-8H3. The Morgan fingerprint density at radius 1 is 0.600 bits per heavy atom. The molecule has 2 heterocycles. The smallest absolute Gasteiger partial charge is 0.129 e. The molecule has 0 aromatic carbocycles. The number of quaternary nitrogens is 2. The van der Waals surface area contributed by atoms with Gasteiger partial charge in [0.05, 0.1) is 61.5 Å². The highest BCUT2D eigenvalue weighted by molar-refractivity contribution is 4.98. The van der Waals surface area contributed by atoms with E-state index in [0.717, 1.165) is 0 Å². The van der Waals surface area contributed by atoms with Gasteiger partial charge in [-0.05, 0) is 55.4 Å². The molecule has 30 heavy (non-hydrogen) atoms. The van der Waals surface area contributed by atoms with Gasteiger partial charge in [0.2, 0.25) is 0 Å². The van der Waals surface area contributed by atoms with E-state index >= 15 is 0 Å². The first-order valence-electron chi connectivity index (χ1n) is 11.3. The molecule has 2 aliphatic heterocycles. The summed E-state index contributed by atoms with van der Waals surface area (Å²) in [5.74, 6) is 0. The van der Waals surface area contributed by atoms with Gasteiger partial charge in [-0.25, -0.2) is 0 Å². The molecule has 0 amide bonds. The van der Waals surface area contributed by atoms with Crippen LogP contribution in [0.4, 0.5) is 0 Å². The number of hydroxylamine groups is 6. The molecule has 2 rings (SSSR count). The lowest BCUT2D eigenvalue weighted by atomic mass is 9.86. The lowest BCUT2D eigenvalue weighted by Crippen LogP contribution is -2.76. The van der Waals surface area contributed by atoms with Gasteiger partial charge in [0, 0.05) is 13.1 Å². The minimum Gasteiger partial charge on any atom is -0.633 e. The van der Waals surface area contributed by atoms with E-state index in [4.69, 9.17) is 0 Å². The van der Waals surface area contributed by atoms with Gasteiger partial charge in [-0.15, -0.1) is 0 Å². The molecule has 0 aliphatic carbocycles. The second-order valence-electron chi connectivity index (χ2n) is 12.2. The molecule has 8 heteroatoms. The summed E-state index contributed by atoms with van der Waals surface area (Å²) < 4.78 is -0.739. The lowest BCUT2D eigenvalue weighted by Gasteiger charge is -2.64. The van der Waals surface area contributed by atoms with E-state index < -0.39 is 0 Å². The van der Waals surface area contributed by atoms with E-state index in [9.17, 15) is 20.6 Å². The van der Waals surface area contributed by atoms with E-state index in [0.29, 0.717) is 52.4 Å². The van der Waals surface area contributed by atoms with Gasteiger partial charge in [-0.3, -0.25) is 9.80 Å². The number of piperazine rings is 2. The number of aliphatic hydroxyl groups is 2. The van der Waals surface area contributed by atoms with Crippen molar-refractivity contribution in [3.8, 4) is 0 Å². The monoisotopic (exact) mass is 430 g/mol. The average Bonchev–Trinajstić information content (AvgIpc) is 2.51. The van der Waals surface area contributed by atoms with E-state index in [1.54, 1.807) is 0 Å². The number of aliphatic hydroxyl groups excluding tert-OH is 2. The topological polar surface area (TPSA) is 93.1 Å². The average molecular weight is 431 g/mol. The molecule has 8 nitrogen and oxygen atoms in total. The quantitative estimate of drug-likeness (QED) is 0.468. The zero-order valence-electron chi connectivity index (χ0n) is 20.6. The van der Waals surface area contributed by atoms with Crippen LogP contribution in [0.1, 0.15) is 55.4 Å². The molecule has 0 aromatic rings. The molecule has 0 radical (unpaired) electrons. The van der Waals surface area contributed by atoms with Crippen molar-refractivity contribution in [1.82, 2.24) is 9.80 Å². The first-order valence-corrected chi connectivity index (χ1v) is 11.3. The third-order valence-corrected chi connectivity index (χ3v) is 7.19. The normalized spacial score (nSPS) is 29.6. The summed E-state index contributed by atoms with van der Waals surface area (Å²) in [5.41, 5.74) is -1.40. The molecule has 178 valence electrons. The van der Waals surface area contributed by atoms with Crippen LogP contribution >= 0.6 is 0 Å². The Labute approximate surface area is 183 Å². The van der Waals surface area contributed by atoms with Crippen LogP contribution in [0.5, 0.6) is 0 Å². The van der Waals surface area contributed by atoms with E-state index in [1.165, 1.54) is 0 Å². The van der Waals surface area contributed by atoms with Crippen LogP contribution in [0.25, 0.3) is 0 Å². The Bertz CT molecular complexity index is 518. The van der Waals surface area contributed by atoms with Crippen molar-refractivity contribution >= 4 is 0 Å². The third-order valence-electron chi connectivity index (χ3n) is 7.19. The number of rotatable bonds is 7. The largest absolute Gasteiger partial charge is 0.633 e. The van der Waals surface area contributed by atoms with Crippen molar-refractivity contribution in [2.24, 2.45) is 0 Å². The molecule has 2 fully saturated rings. The fraction of sp³-hybridized carbons (Fsp3) is 1.00. The van der Waals surface area contributed by atoms with E-state index in [-0.39, 0.29) is 44.7 Å². The van der Waals surface area contributed by atoms with Crippen molar-refractivity contribution in [1.29, 1.82) is 0 Å². The summed E-state index contributed by atoms with van der Waals surface area (Å²) >= 11 is 0. The highest BCUT2D eigenvalue weighted by Crippen LogP contribution is 2.38. The minimum absolute atomic E-state index is 0.0702. The van der Waals surface area contributed by atoms with Gasteiger partial charge >= 0.3 is 0 Å². The summed E-state index contributed by atoms with van der Waals surface area (Å²) in [6.45, 7) is 20.0. The van der Waals surface area contributed by atoms with Crippen molar-refractivity contribution in [2.45, 2.75) is 77.5 Å². The Balaban J connectivity index is 2.18. The third kappa shape index (κ3) is 5.35. The summed E-state index contributed by atoms with van der Waals surface area (Å²) in [6, 6.07) is 0. The van der Waals surface area contributed by atoms with Crippen LogP contribution in [0, 0.1) is 10.4 Å². The maximum Gasteiger partial charge on any atom is 0.129 e. The molecule has 0 unspecified atom stereocenters. The van der Waals surface area contributed by atoms with Crippen molar-refractivity contribution in [2.75, 3.05) is 65.6 Å². The maximum absolute atomic E-state index is 13.8. The SMILES string of the molecule is CC1(C)C[N+]([O-])(CC[N+]2([O-])CC(C)(C)N(CCO)C(C)(C)C2)CC(C)(C)N1CCO. The molecule has 0 saturated carbocycles. The van der Waals surface area contributed by atoms with Gasteiger partial charge in [0.25, 0.3) is 0 Å². The summed E-state index contributed by atoms with van der Waals surface area (Å²) in [6.07, 6.45) is 0. The Morgan fingerprint density at radius 2 is 0.833 bits per heavy atom. The van der Waals surface area contributed by atoms with Gasteiger partial charge in [0.1, 0.15) is 13.1 Å². The van der Waals surface area contributed by atoms with E-state index in [2.05, 4.69) is 65.2 Å². The zero-order valence-corrected chi connectivity index (χ0v) is 20.6. The zero-order chi connectivity index (χ0) is 23.2. The molecular formula is C22H46N4O4. The van der Waals surface area contributed by atoms with Gasteiger partial charge in [-0.1, -0.05) is 0 Å². The Morgan fingerprint density at radius 3 is 1.03 bits per heavy atom. The molecule has 0 atom stereocenters. The number of hydrogen-bond donors (Lipinski definition) is 2. The second-order valence-corrected chi connectivity index (χ2v) is 12.2. The molecule has 0 spiro atoms.